The number of rotatable bonds is 5. The topological polar surface area (TPSA) is 115 Å². The minimum atomic E-state index is -0.726. The number of nitrogens with one attached hydrogen (secondary N) is 2. The van der Waals surface area contributed by atoms with Crippen LogP contribution >= 0.6 is 0 Å². The Hall–Kier alpha value is -3.33. The van der Waals surface area contributed by atoms with Crippen LogP contribution in [0.15, 0.2) is 30.3 Å². The Kier molecular flexibility index (Phi) is 5.84. The largest absolute Gasteiger partial charge is 0.332 e. The number of amides is 2. The van der Waals surface area contributed by atoms with Crippen molar-refractivity contribution in [1.82, 2.24) is 14.9 Å². The number of pyridine rings is 1. The molecule has 1 aliphatic rings. The fraction of sp³-hybridized carbons (Fsp3) is 0.333. The van der Waals surface area contributed by atoms with Crippen LogP contribution in [0, 0.1) is 11.2 Å². The predicted octanol–water partition coefficient (Wildman–Crippen LogP) is 2.75. The molecule has 0 saturated heterocycles. The molecule has 1 aromatic carbocycles. The van der Waals surface area contributed by atoms with E-state index in [9.17, 15) is 14.0 Å². The Morgan fingerprint density at radius 1 is 1.30 bits per heavy atom. The molecular formula is C21H25FN6O2. The number of nitrogens with two attached hydrogens (primary N) is 1. The number of fused-ring (bicyclic) bond motifs is 1. The second-order valence-electron chi connectivity index (χ2n) is 7.73. The van der Waals surface area contributed by atoms with Crippen LogP contribution in [-0.2, 0) is 6.54 Å². The molecule has 158 valence electrons. The highest BCUT2D eigenvalue weighted by Crippen LogP contribution is 2.27. The van der Waals surface area contributed by atoms with Crippen molar-refractivity contribution in [2.75, 3.05) is 5.32 Å². The highest BCUT2D eigenvalue weighted by Gasteiger charge is 2.31. The van der Waals surface area contributed by atoms with Crippen molar-refractivity contribution in [1.29, 1.82) is 5.41 Å². The van der Waals surface area contributed by atoms with Crippen molar-refractivity contribution in [3.8, 4) is 0 Å². The first-order chi connectivity index (χ1) is 14.1. The Morgan fingerprint density at radius 3 is 2.63 bits per heavy atom. The van der Waals surface area contributed by atoms with Gasteiger partial charge in [-0.1, -0.05) is 6.07 Å². The van der Waals surface area contributed by atoms with Crippen LogP contribution in [0.3, 0.4) is 0 Å². The van der Waals surface area contributed by atoms with Gasteiger partial charge in [-0.3, -0.25) is 20.0 Å². The molecule has 1 aliphatic heterocycles. The number of aromatic nitrogens is 1. The average molecular weight is 412 g/mol. The van der Waals surface area contributed by atoms with E-state index in [-0.39, 0.29) is 40.9 Å². The quantitative estimate of drug-likeness (QED) is 0.302. The van der Waals surface area contributed by atoms with Crippen molar-refractivity contribution >= 4 is 23.5 Å². The molecule has 0 unspecified atom stereocenters. The zero-order chi connectivity index (χ0) is 22.2. The molecule has 2 heterocycles. The van der Waals surface area contributed by atoms with E-state index in [1.54, 1.807) is 17.0 Å². The average Bonchev–Trinajstić information content (AvgIpc) is 3.02. The Morgan fingerprint density at radius 2 is 2.00 bits per heavy atom. The summed E-state index contributed by atoms with van der Waals surface area (Å²) in [6.45, 7) is 7.75. The number of halogens is 1. The van der Waals surface area contributed by atoms with Gasteiger partial charge in [0.2, 0.25) is 0 Å². The van der Waals surface area contributed by atoms with Crippen LogP contribution in [-0.4, -0.2) is 44.6 Å². The standard InChI is InChI=1S/C21H25FN6O2/c1-11(2)27-10-13-8-16(22)15(9-14(13)21(27)30)20(29)26-18-7-5-6-17(25-18)19(23)28(24)12(3)4/h5-9,11-12,23H,10,24H2,1-4H3,(H,25,26,29). The van der Waals surface area contributed by atoms with Gasteiger partial charge in [0.05, 0.1) is 5.56 Å². The van der Waals surface area contributed by atoms with Crippen LogP contribution in [0.5, 0.6) is 0 Å². The fourth-order valence-electron chi connectivity index (χ4n) is 3.16. The van der Waals surface area contributed by atoms with Gasteiger partial charge in [-0.25, -0.2) is 15.2 Å². The summed E-state index contributed by atoms with van der Waals surface area (Å²) in [6.07, 6.45) is 0. The minimum absolute atomic E-state index is 0.0100. The SMILES string of the molecule is CC(C)N(N)C(=N)c1cccc(NC(=O)c2cc3c(cc2F)CN(C(C)C)C3=O)n1. The number of benzene rings is 1. The fourth-order valence-corrected chi connectivity index (χ4v) is 3.16. The van der Waals surface area contributed by atoms with Crippen molar-refractivity contribution in [3.63, 3.8) is 0 Å². The molecule has 2 aromatic rings. The van der Waals surface area contributed by atoms with Gasteiger partial charge in [0.15, 0.2) is 5.84 Å². The van der Waals surface area contributed by atoms with Gasteiger partial charge in [-0.05, 0) is 57.5 Å². The van der Waals surface area contributed by atoms with E-state index in [4.69, 9.17) is 11.3 Å². The summed E-state index contributed by atoms with van der Waals surface area (Å²) in [5.41, 5.74) is 0.918. The number of carbonyl (C=O) groups excluding carboxylic acids is 2. The molecule has 0 fully saturated rings. The summed E-state index contributed by atoms with van der Waals surface area (Å²) >= 11 is 0. The predicted molar refractivity (Wildman–Crippen MR) is 112 cm³/mol. The summed E-state index contributed by atoms with van der Waals surface area (Å²) in [6, 6.07) is 7.12. The number of hydrogen-bond acceptors (Lipinski definition) is 5. The molecule has 0 radical (unpaired) electrons. The van der Waals surface area contributed by atoms with E-state index in [2.05, 4.69) is 10.3 Å². The van der Waals surface area contributed by atoms with E-state index < -0.39 is 11.7 Å². The van der Waals surface area contributed by atoms with Crippen molar-refractivity contribution in [3.05, 3.63) is 58.5 Å². The van der Waals surface area contributed by atoms with Crippen LogP contribution in [0.25, 0.3) is 0 Å². The van der Waals surface area contributed by atoms with Crippen molar-refractivity contribution in [2.24, 2.45) is 5.84 Å². The lowest BCUT2D eigenvalue weighted by Crippen LogP contribution is -2.43. The molecule has 4 N–H and O–H groups in total. The second-order valence-corrected chi connectivity index (χ2v) is 7.73. The zero-order valence-electron chi connectivity index (χ0n) is 17.4. The smallest absolute Gasteiger partial charge is 0.259 e. The number of amidine groups is 1. The summed E-state index contributed by atoms with van der Waals surface area (Å²) in [5.74, 6) is 4.33. The van der Waals surface area contributed by atoms with Crippen molar-refractivity contribution < 1.29 is 14.0 Å². The van der Waals surface area contributed by atoms with Gasteiger partial charge in [0.25, 0.3) is 11.8 Å². The molecule has 3 rings (SSSR count). The maximum absolute atomic E-state index is 14.6. The molecule has 2 amide bonds. The molecule has 30 heavy (non-hydrogen) atoms. The Bertz CT molecular complexity index is 1020. The summed E-state index contributed by atoms with van der Waals surface area (Å²) in [5, 5.41) is 11.9. The van der Waals surface area contributed by atoms with E-state index in [0.29, 0.717) is 17.7 Å². The molecule has 0 aliphatic carbocycles. The molecular weight excluding hydrogens is 387 g/mol. The first-order valence-electron chi connectivity index (χ1n) is 9.64. The van der Waals surface area contributed by atoms with Crippen LogP contribution < -0.4 is 11.2 Å². The number of hydrogen-bond donors (Lipinski definition) is 3. The molecule has 0 spiro atoms. The highest BCUT2D eigenvalue weighted by molar-refractivity contribution is 6.07. The number of anilines is 1. The monoisotopic (exact) mass is 412 g/mol. The molecule has 9 heteroatoms. The molecule has 0 saturated carbocycles. The highest BCUT2D eigenvalue weighted by atomic mass is 19.1. The van der Waals surface area contributed by atoms with Crippen LogP contribution in [0.1, 0.15) is 59.7 Å². The summed E-state index contributed by atoms with van der Waals surface area (Å²) in [4.78, 5) is 31.1. The molecule has 0 bridgehead atoms. The van der Waals surface area contributed by atoms with Gasteiger partial charge in [0.1, 0.15) is 17.3 Å². The zero-order valence-corrected chi connectivity index (χ0v) is 17.4. The van der Waals surface area contributed by atoms with E-state index in [1.807, 2.05) is 27.7 Å². The summed E-state index contributed by atoms with van der Waals surface area (Å²) in [7, 11) is 0. The van der Waals surface area contributed by atoms with Gasteiger partial charge in [0, 0.05) is 24.2 Å². The van der Waals surface area contributed by atoms with Gasteiger partial charge >= 0.3 is 0 Å². The first kappa shape index (κ1) is 21.4. The van der Waals surface area contributed by atoms with E-state index >= 15 is 0 Å². The third-order valence-corrected chi connectivity index (χ3v) is 4.94. The maximum Gasteiger partial charge on any atom is 0.259 e. The lowest BCUT2D eigenvalue weighted by molar-refractivity contribution is 0.0730. The third-order valence-electron chi connectivity index (χ3n) is 4.94. The van der Waals surface area contributed by atoms with Gasteiger partial charge in [-0.2, -0.15) is 0 Å². The second kappa shape index (κ2) is 8.19. The first-order valence-corrected chi connectivity index (χ1v) is 9.64. The van der Waals surface area contributed by atoms with Gasteiger partial charge < -0.3 is 10.2 Å². The van der Waals surface area contributed by atoms with E-state index in [1.165, 1.54) is 23.2 Å². The number of carbonyl (C=O) groups is 2. The molecule has 8 nitrogen and oxygen atoms in total. The normalized spacial score (nSPS) is 13.1. The van der Waals surface area contributed by atoms with Crippen LogP contribution in [0.2, 0.25) is 0 Å². The van der Waals surface area contributed by atoms with Crippen LogP contribution in [0.4, 0.5) is 10.2 Å². The number of hydrazine groups is 1. The Balaban J connectivity index is 1.84. The lowest BCUT2D eigenvalue weighted by Gasteiger charge is -2.23. The van der Waals surface area contributed by atoms with E-state index in [0.717, 1.165) is 0 Å². The summed E-state index contributed by atoms with van der Waals surface area (Å²) < 4.78 is 14.6. The van der Waals surface area contributed by atoms with Gasteiger partial charge in [-0.15, -0.1) is 0 Å². The number of nitrogens with zero attached hydrogens (tertiary/aromatic N) is 3. The lowest BCUT2D eigenvalue weighted by atomic mass is 10.0. The Labute approximate surface area is 174 Å². The van der Waals surface area contributed by atoms with Crippen molar-refractivity contribution in [2.45, 2.75) is 46.3 Å². The minimum Gasteiger partial charge on any atom is -0.332 e. The molecule has 1 aromatic heterocycles. The maximum atomic E-state index is 14.6. The molecule has 0 atom stereocenters. The third kappa shape index (κ3) is 4.02.